The number of fused-ring (bicyclic) bond motifs is 1. The number of benzene rings is 3. The smallest absolute Gasteiger partial charge is 0.345 e. The number of alkyl halides is 1. The molecule has 0 aromatic heterocycles. The first-order valence-electron chi connectivity index (χ1n) is 7.36. The molecule has 0 unspecified atom stereocenters. The summed E-state index contributed by atoms with van der Waals surface area (Å²) < 4.78 is 5.48. The fraction of sp³-hybridized carbons (Fsp3) is 0.0526. The molecule has 0 fully saturated rings. The van der Waals surface area contributed by atoms with Crippen LogP contribution in [0.15, 0.2) is 71.7 Å². The Hall–Kier alpha value is -2.85. The van der Waals surface area contributed by atoms with E-state index in [1.54, 1.807) is 30.3 Å². The average Bonchev–Trinajstić information content (AvgIpc) is 2.62. The van der Waals surface area contributed by atoms with E-state index >= 15 is 0 Å². The van der Waals surface area contributed by atoms with Crippen LogP contribution in [0.5, 0.6) is 5.75 Å². The van der Waals surface area contributed by atoms with Crippen LogP contribution in [-0.2, 0) is 0 Å². The molecule has 3 aromatic rings. The predicted molar refractivity (Wildman–Crippen MR) is 97.4 cm³/mol. The van der Waals surface area contributed by atoms with Gasteiger partial charge in [-0.15, -0.1) is 11.6 Å². The van der Waals surface area contributed by atoms with Crippen LogP contribution in [0.1, 0.15) is 10.4 Å². The van der Waals surface area contributed by atoms with Crippen molar-refractivity contribution < 1.29 is 9.53 Å². The first-order valence-corrected chi connectivity index (χ1v) is 7.90. The van der Waals surface area contributed by atoms with Crippen molar-refractivity contribution in [2.75, 3.05) is 5.88 Å². The molecular formula is C19H15ClN2O2. The van der Waals surface area contributed by atoms with E-state index in [9.17, 15) is 4.79 Å². The second-order valence-electron chi connectivity index (χ2n) is 5.15. The summed E-state index contributed by atoms with van der Waals surface area (Å²) in [6.45, 7) is 0. The minimum Gasteiger partial charge on any atom is -0.423 e. The van der Waals surface area contributed by atoms with Gasteiger partial charge < -0.3 is 10.5 Å². The van der Waals surface area contributed by atoms with Crippen molar-refractivity contribution in [1.29, 1.82) is 0 Å². The highest BCUT2D eigenvalue weighted by Gasteiger charge is 2.13. The lowest BCUT2D eigenvalue weighted by molar-refractivity contribution is 0.0736. The van der Waals surface area contributed by atoms with Crippen molar-refractivity contribution in [1.82, 2.24) is 0 Å². The van der Waals surface area contributed by atoms with Gasteiger partial charge >= 0.3 is 5.97 Å². The maximum atomic E-state index is 12.5. The molecule has 2 N–H and O–H groups in total. The van der Waals surface area contributed by atoms with Crippen molar-refractivity contribution in [3.05, 3.63) is 72.3 Å². The number of para-hydroxylation sites is 1. The first-order chi connectivity index (χ1) is 11.7. The van der Waals surface area contributed by atoms with Gasteiger partial charge in [-0.05, 0) is 35.0 Å². The quantitative estimate of drug-likeness (QED) is 0.254. The van der Waals surface area contributed by atoms with Gasteiger partial charge in [-0.1, -0.05) is 42.5 Å². The third-order valence-electron chi connectivity index (χ3n) is 3.46. The maximum absolute atomic E-state index is 12.5. The van der Waals surface area contributed by atoms with E-state index in [1.165, 1.54) is 0 Å². The molecule has 0 amide bonds. The molecule has 3 aromatic carbocycles. The summed E-state index contributed by atoms with van der Waals surface area (Å²) in [5.41, 5.74) is 6.42. The van der Waals surface area contributed by atoms with Gasteiger partial charge in [0.25, 0.3) is 0 Å². The van der Waals surface area contributed by atoms with Gasteiger partial charge in [0.15, 0.2) is 0 Å². The van der Waals surface area contributed by atoms with Crippen LogP contribution < -0.4 is 10.5 Å². The largest absolute Gasteiger partial charge is 0.423 e. The van der Waals surface area contributed by atoms with Gasteiger partial charge in [0.2, 0.25) is 0 Å². The molecule has 0 radical (unpaired) electrons. The summed E-state index contributed by atoms with van der Waals surface area (Å²) in [5, 5.41) is 2.08. The minimum atomic E-state index is -0.494. The number of nitrogens with zero attached hydrogens (tertiary/aromatic N) is 1. The van der Waals surface area contributed by atoms with Gasteiger partial charge in [0, 0.05) is 0 Å². The topological polar surface area (TPSA) is 64.7 Å². The summed E-state index contributed by atoms with van der Waals surface area (Å²) in [7, 11) is 0. The molecular weight excluding hydrogens is 324 g/mol. The predicted octanol–water partition coefficient (Wildman–Crippen LogP) is 4.29. The Kier molecular flexibility index (Phi) is 4.77. The van der Waals surface area contributed by atoms with Gasteiger partial charge in [0.05, 0.1) is 17.1 Å². The Morgan fingerprint density at radius 2 is 1.71 bits per heavy atom. The number of carbonyl (C=O) groups is 1. The number of amidine groups is 1. The van der Waals surface area contributed by atoms with Crippen molar-refractivity contribution in [3.63, 3.8) is 0 Å². The van der Waals surface area contributed by atoms with Gasteiger partial charge in [0.1, 0.15) is 11.6 Å². The van der Waals surface area contributed by atoms with Crippen molar-refractivity contribution in [2.24, 2.45) is 10.7 Å². The van der Waals surface area contributed by atoms with Crippen LogP contribution in [0, 0.1) is 0 Å². The summed E-state index contributed by atoms with van der Waals surface area (Å²) in [6.07, 6.45) is 0. The molecule has 0 aliphatic rings. The lowest BCUT2D eigenvalue weighted by Crippen LogP contribution is -2.14. The highest BCUT2D eigenvalue weighted by Crippen LogP contribution is 2.24. The van der Waals surface area contributed by atoms with E-state index in [0.29, 0.717) is 17.0 Å². The molecule has 0 aliphatic carbocycles. The summed E-state index contributed by atoms with van der Waals surface area (Å²) in [5.74, 6) is 0.311. The molecule has 0 atom stereocenters. The summed E-state index contributed by atoms with van der Waals surface area (Å²) in [6, 6.07) is 20.2. The van der Waals surface area contributed by atoms with Crippen LogP contribution in [-0.4, -0.2) is 17.7 Å². The number of halogens is 1. The lowest BCUT2D eigenvalue weighted by Gasteiger charge is -2.08. The minimum absolute atomic E-state index is 0.0913. The molecule has 0 bridgehead atoms. The molecule has 0 heterocycles. The Morgan fingerprint density at radius 1 is 1.00 bits per heavy atom. The lowest BCUT2D eigenvalue weighted by atomic mass is 10.1. The van der Waals surface area contributed by atoms with E-state index in [4.69, 9.17) is 22.1 Å². The molecule has 5 heteroatoms. The molecule has 0 saturated heterocycles. The zero-order valence-corrected chi connectivity index (χ0v) is 13.5. The number of rotatable bonds is 4. The summed E-state index contributed by atoms with van der Waals surface area (Å²) in [4.78, 5) is 16.6. The molecule has 0 saturated carbocycles. The number of hydrogen-bond acceptors (Lipinski definition) is 3. The maximum Gasteiger partial charge on any atom is 0.345 e. The Labute approximate surface area is 144 Å². The van der Waals surface area contributed by atoms with Gasteiger partial charge in [-0.3, -0.25) is 0 Å². The number of aliphatic imine (C=N–C) groups is 1. The molecule has 4 nitrogen and oxygen atoms in total. The average molecular weight is 339 g/mol. The standard InChI is InChI=1S/C19H15ClN2O2/c20-12-18(21)22-17-8-4-3-7-16(17)19(23)24-15-10-9-13-5-1-2-6-14(13)11-15/h1-11H,12H2,(H2,21,22). The van der Waals surface area contributed by atoms with Gasteiger partial charge in [-0.25, -0.2) is 9.79 Å². The Morgan fingerprint density at radius 3 is 2.50 bits per heavy atom. The Balaban J connectivity index is 1.89. The Bertz CT molecular complexity index is 922. The molecule has 120 valence electrons. The van der Waals surface area contributed by atoms with E-state index < -0.39 is 5.97 Å². The number of nitrogens with two attached hydrogens (primary N) is 1. The first kappa shape index (κ1) is 16.0. The van der Waals surface area contributed by atoms with Crippen LogP contribution in [0.2, 0.25) is 0 Å². The zero-order chi connectivity index (χ0) is 16.9. The van der Waals surface area contributed by atoms with Crippen molar-refractivity contribution in [3.8, 4) is 5.75 Å². The summed E-state index contributed by atoms with van der Waals surface area (Å²) >= 11 is 5.65. The third kappa shape index (κ3) is 3.55. The number of carbonyl (C=O) groups excluding carboxylic acids is 1. The SMILES string of the molecule is NC(CCl)=Nc1ccccc1C(=O)Oc1ccc2ccccc2c1. The second kappa shape index (κ2) is 7.15. The highest BCUT2D eigenvalue weighted by molar-refractivity contribution is 6.28. The van der Waals surface area contributed by atoms with Crippen LogP contribution in [0.4, 0.5) is 5.69 Å². The molecule has 0 aliphatic heterocycles. The van der Waals surface area contributed by atoms with Crippen LogP contribution >= 0.6 is 11.6 Å². The van der Waals surface area contributed by atoms with E-state index in [-0.39, 0.29) is 11.7 Å². The van der Waals surface area contributed by atoms with E-state index in [2.05, 4.69) is 4.99 Å². The fourth-order valence-electron chi connectivity index (χ4n) is 2.32. The number of ether oxygens (including phenoxy) is 1. The highest BCUT2D eigenvalue weighted by atomic mass is 35.5. The van der Waals surface area contributed by atoms with Crippen LogP contribution in [0.25, 0.3) is 10.8 Å². The molecule has 0 spiro atoms. The number of hydrogen-bond donors (Lipinski definition) is 1. The molecule has 24 heavy (non-hydrogen) atoms. The monoisotopic (exact) mass is 338 g/mol. The third-order valence-corrected chi connectivity index (χ3v) is 3.73. The van der Waals surface area contributed by atoms with Crippen molar-refractivity contribution >= 4 is 39.9 Å². The van der Waals surface area contributed by atoms with E-state index in [1.807, 2.05) is 36.4 Å². The van der Waals surface area contributed by atoms with E-state index in [0.717, 1.165) is 10.8 Å². The zero-order valence-electron chi connectivity index (χ0n) is 12.8. The van der Waals surface area contributed by atoms with Crippen LogP contribution in [0.3, 0.4) is 0 Å². The second-order valence-corrected chi connectivity index (χ2v) is 5.42. The fourth-order valence-corrected chi connectivity index (χ4v) is 2.38. The van der Waals surface area contributed by atoms with Gasteiger partial charge in [-0.2, -0.15) is 0 Å². The molecule has 3 rings (SSSR count). The number of esters is 1. The normalized spacial score (nSPS) is 11.5. The van der Waals surface area contributed by atoms with Crippen molar-refractivity contribution in [2.45, 2.75) is 0 Å².